The summed E-state index contributed by atoms with van der Waals surface area (Å²) >= 11 is 0. The van der Waals surface area contributed by atoms with Crippen LogP contribution in [0.25, 0.3) is 22.9 Å². The number of carbonyl (C=O) groups is 1. The van der Waals surface area contributed by atoms with E-state index in [1.807, 2.05) is 59.5 Å². The van der Waals surface area contributed by atoms with Gasteiger partial charge in [-0.2, -0.15) is 0 Å². The highest BCUT2D eigenvalue weighted by molar-refractivity contribution is 5.78. The topological polar surface area (TPSA) is 71.7 Å². The lowest BCUT2D eigenvalue weighted by atomic mass is 10.2. The van der Waals surface area contributed by atoms with Crippen molar-refractivity contribution in [3.05, 3.63) is 54.6 Å². The molecule has 7 heteroatoms. The van der Waals surface area contributed by atoms with Gasteiger partial charge in [-0.05, 0) is 30.8 Å². The van der Waals surface area contributed by atoms with Crippen LogP contribution in [0, 0.1) is 0 Å². The normalized spacial score (nSPS) is 14.7. The highest BCUT2D eigenvalue weighted by atomic mass is 16.5. The Hall–Kier alpha value is -3.19. The lowest BCUT2D eigenvalue weighted by Gasteiger charge is -2.34. The Morgan fingerprint density at radius 2 is 1.66 bits per heavy atom. The van der Waals surface area contributed by atoms with Gasteiger partial charge < -0.3 is 19.0 Å². The molecule has 0 spiro atoms. The lowest BCUT2D eigenvalue weighted by molar-refractivity contribution is -0.135. The molecule has 1 aromatic heterocycles. The molecule has 0 bridgehead atoms. The fourth-order valence-electron chi connectivity index (χ4n) is 3.34. The summed E-state index contributed by atoms with van der Waals surface area (Å²) in [5, 5.41) is 8.30. The molecule has 3 aromatic rings. The zero-order chi connectivity index (χ0) is 20.1. The molecule has 29 heavy (non-hydrogen) atoms. The summed E-state index contributed by atoms with van der Waals surface area (Å²) in [5.74, 6) is 1.35. The number of nitrogens with zero attached hydrogens (tertiary/aromatic N) is 4. The van der Waals surface area contributed by atoms with Crippen molar-refractivity contribution >= 4 is 5.91 Å². The minimum atomic E-state index is -0.0111. The maximum absolute atomic E-state index is 12.5. The Bertz CT molecular complexity index is 949. The van der Waals surface area contributed by atoms with Gasteiger partial charge in [0.05, 0.1) is 5.56 Å². The fraction of sp³-hybridized carbons (Fsp3) is 0.318. The zero-order valence-electron chi connectivity index (χ0n) is 16.5. The van der Waals surface area contributed by atoms with Gasteiger partial charge in [0.1, 0.15) is 5.75 Å². The summed E-state index contributed by atoms with van der Waals surface area (Å²) in [6, 6.07) is 17.0. The van der Waals surface area contributed by atoms with Crippen LogP contribution in [0.15, 0.2) is 59.0 Å². The zero-order valence-corrected chi connectivity index (χ0v) is 16.5. The third-order valence-corrected chi connectivity index (χ3v) is 5.09. The van der Waals surface area contributed by atoms with Crippen molar-refractivity contribution in [2.75, 3.05) is 39.3 Å². The van der Waals surface area contributed by atoms with Crippen molar-refractivity contribution in [3.63, 3.8) is 0 Å². The monoisotopic (exact) mass is 392 g/mol. The van der Waals surface area contributed by atoms with Crippen molar-refractivity contribution in [2.45, 2.75) is 6.92 Å². The van der Waals surface area contributed by atoms with Gasteiger partial charge in [-0.3, -0.25) is 4.79 Å². The third-order valence-electron chi connectivity index (χ3n) is 5.09. The van der Waals surface area contributed by atoms with Crippen molar-refractivity contribution in [1.82, 2.24) is 20.0 Å². The summed E-state index contributed by atoms with van der Waals surface area (Å²) < 4.78 is 11.7. The number of piperazine rings is 1. The summed E-state index contributed by atoms with van der Waals surface area (Å²) in [4.78, 5) is 16.7. The smallest absolute Gasteiger partial charge is 0.260 e. The molecule has 7 nitrogen and oxygen atoms in total. The van der Waals surface area contributed by atoms with E-state index in [-0.39, 0.29) is 12.5 Å². The predicted molar refractivity (Wildman–Crippen MR) is 109 cm³/mol. The molecule has 2 aromatic carbocycles. The Morgan fingerprint density at radius 3 is 2.41 bits per heavy atom. The van der Waals surface area contributed by atoms with Crippen LogP contribution >= 0.6 is 0 Å². The first-order valence-corrected chi connectivity index (χ1v) is 9.86. The van der Waals surface area contributed by atoms with Gasteiger partial charge in [0.2, 0.25) is 5.89 Å². The first kappa shape index (κ1) is 19.1. The summed E-state index contributed by atoms with van der Waals surface area (Å²) in [6.45, 7) is 6.43. The maximum Gasteiger partial charge on any atom is 0.260 e. The highest BCUT2D eigenvalue weighted by Gasteiger charge is 2.21. The Labute approximate surface area is 169 Å². The molecular formula is C22H24N4O3. The first-order valence-electron chi connectivity index (χ1n) is 9.86. The van der Waals surface area contributed by atoms with Crippen LogP contribution in [0.2, 0.25) is 0 Å². The van der Waals surface area contributed by atoms with Crippen LogP contribution in [0.5, 0.6) is 5.75 Å². The van der Waals surface area contributed by atoms with Gasteiger partial charge in [-0.15, -0.1) is 10.2 Å². The molecule has 150 valence electrons. The van der Waals surface area contributed by atoms with Crippen LogP contribution in [-0.2, 0) is 4.79 Å². The standard InChI is InChI=1S/C22H24N4O3/c1-2-25-12-14-26(15-13-25)20(27)16-28-19-11-7-6-10-18(19)22-24-23-21(29-22)17-8-4-3-5-9-17/h3-11H,2,12-16H2,1H3. The average molecular weight is 392 g/mol. The number of carbonyl (C=O) groups excluding carboxylic acids is 1. The van der Waals surface area contributed by atoms with E-state index in [1.165, 1.54) is 0 Å². The van der Waals surface area contributed by atoms with E-state index < -0.39 is 0 Å². The molecule has 1 amide bonds. The Morgan fingerprint density at radius 1 is 0.966 bits per heavy atom. The average Bonchev–Trinajstić information content (AvgIpc) is 3.28. The van der Waals surface area contributed by atoms with Crippen LogP contribution in [0.3, 0.4) is 0 Å². The minimum Gasteiger partial charge on any atom is -0.483 e. The molecule has 4 rings (SSSR count). The second-order valence-corrected chi connectivity index (χ2v) is 6.88. The molecule has 1 aliphatic rings. The number of hydrogen-bond donors (Lipinski definition) is 0. The van der Waals surface area contributed by atoms with E-state index in [0.717, 1.165) is 38.3 Å². The SMILES string of the molecule is CCN1CCN(C(=O)COc2ccccc2-c2nnc(-c3ccccc3)o2)CC1. The van der Waals surface area contributed by atoms with Crippen LogP contribution < -0.4 is 4.74 Å². The van der Waals surface area contributed by atoms with E-state index >= 15 is 0 Å². The van der Waals surface area contributed by atoms with Gasteiger partial charge in [-0.1, -0.05) is 37.3 Å². The Kier molecular flexibility index (Phi) is 5.86. The van der Waals surface area contributed by atoms with E-state index in [0.29, 0.717) is 23.1 Å². The number of aromatic nitrogens is 2. The largest absolute Gasteiger partial charge is 0.483 e. The number of para-hydroxylation sites is 1. The number of amides is 1. The predicted octanol–water partition coefficient (Wildman–Crippen LogP) is 2.95. The molecule has 1 fully saturated rings. The molecule has 1 aliphatic heterocycles. The third kappa shape index (κ3) is 4.46. The van der Waals surface area contributed by atoms with Gasteiger partial charge in [0, 0.05) is 31.7 Å². The van der Waals surface area contributed by atoms with Crippen molar-refractivity contribution in [2.24, 2.45) is 0 Å². The maximum atomic E-state index is 12.5. The molecule has 0 unspecified atom stereocenters. The molecule has 0 N–H and O–H groups in total. The number of rotatable bonds is 6. The van der Waals surface area contributed by atoms with Crippen molar-refractivity contribution < 1.29 is 13.9 Å². The molecule has 1 saturated heterocycles. The molecule has 0 atom stereocenters. The van der Waals surface area contributed by atoms with Gasteiger partial charge in [-0.25, -0.2) is 0 Å². The van der Waals surface area contributed by atoms with Crippen molar-refractivity contribution in [1.29, 1.82) is 0 Å². The molecule has 0 saturated carbocycles. The second kappa shape index (κ2) is 8.87. The fourth-order valence-corrected chi connectivity index (χ4v) is 3.34. The molecular weight excluding hydrogens is 368 g/mol. The number of ether oxygens (including phenoxy) is 1. The minimum absolute atomic E-state index is 0.00828. The first-order chi connectivity index (χ1) is 14.2. The molecule has 2 heterocycles. The van der Waals surface area contributed by atoms with E-state index in [4.69, 9.17) is 9.15 Å². The highest BCUT2D eigenvalue weighted by Crippen LogP contribution is 2.30. The van der Waals surface area contributed by atoms with Crippen molar-refractivity contribution in [3.8, 4) is 28.7 Å². The van der Waals surface area contributed by atoms with Gasteiger partial charge in [0.25, 0.3) is 11.8 Å². The van der Waals surface area contributed by atoms with Crippen LogP contribution in [0.1, 0.15) is 6.92 Å². The summed E-state index contributed by atoms with van der Waals surface area (Å²) in [7, 11) is 0. The lowest BCUT2D eigenvalue weighted by Crippen LogP contribution is -2.49. The number of likely N-dealkylation sites (N-methyl/N-ethyl adjacent to an activating group) is 1. The quantitative estimate of drug-likeness (QED) is 0.642. The number of benzene rings is 2. The second-order valence-electron chi connectivity index (χ2n) is 6.88. The van der Waals surface area contributed by atoms with Gasteiger partial charge >= 0.3 is 0 Å². The van der Waals surface area contributed by atoms with E-state index in [9.17, 15) is 4.79 Å². The molecule has 0 radical (unpaired) electrons. The summed E-state index contributed by atoms with van der Waals surface area (Å²) in [5.41, 5.74) is 1.52. The van der Waals surface area contributed by atoms with Gasteiger partial charge in [0.15, 0.2) is 6.61 Å². The van der Waals surface area contributed by atoms with E-state index in [1.54, 1.807) is 0 Å². The van der Waals surface area contributed by atoms with Crippen LogP contribution in [0.4, 0.5) is 0 Å². The number of hydrogen-bond acceptors (Lipinski definition) is 6. The van der Waals surface area contributed by atoms with E-state index in [2.05, 4.69) is 22.0 Å². The van der Waals surface area contributed by atoms with Crippen LogP contribution in [-0.4, -0.2) is 65.2 Å². The molecule has 0 aliphatic carbocycles. The Balaban J connectivity index is 1.44. The summed E-state index contributed by atoms with van der Waals surface area (Å²) in [6.07, 6.45) is 0.